The molecule has 0 N–H and O–H groups in total. The number of imidazole rings is 1. The second kappa shape index (κ2) is 3.56. The first-order valence-corrected chi connectivity index (χ1v) is 5.67. The maximum Gasteiger partial charge on any atom is 0.112 e. The van der Waals surface area contributed by atoms with Gasteiger partial charge in [-0.3, -0.25) is 4.98 Å². The normalized spacial score (nSPS) is 19.6. The van der Waals surface area contributed by atoms with Crippen molar-refractivity contribution in [2.24, 2.45) is 0 Å². The first kappa shape index (κ1) is 9.78. The highest BCUT2D eigenvalue weighted by atomic mass is 16.6. The Balaban J connectivity index is 2.14. The molecule has 1 aliphatic heterocycles. The second-order valence-electron chi connectivity index (χ2n) is 4.56. The van der Waals surface area contributed by atoms with Gasteiger partial charge in [0.25, 0.3) is 0 Å². The molecule has 0 amide bonds. The van der Waals surface area contributed by atoms with Gasteiger partial charge in [0.15, 0.2) is 0 Å². The minimum absolute atomic E-state index is 0.370. The topological polar surface area (TPSA) is 43.2 Å². The fraction of sp³-hybridized carbons (Fsp3) is 0.500. The zero-order valence-electron chi connectivity index (χ0n) is 9.55. The van der Waals surface area contributed by atoms with Crippen molar-refractivity contribution >= 4 is 11.0 Å². The maximum atomic E-state index is 5.30. The van der Waals surface area contributed by atoms with E-state index in [1.165, 1.54) is 0 Å². The van der Waals surface area contributed by atoms with Crippen LogP contribution >= 0.6 is 0 Å². The Morgan fingerprint density at radius 2 is 2.38 bits per heavy atom. The van der Waals surface area contributed by atoms with Gasteiger partial charge in [-0.2, -0.15) is 0 Å². The van der Waals surface area contributed by atoms with Crippen molar-refractivity contribution in [3.63, 3.8) is 0 Å². The number of aromatic nitrogens is 3. The van der Waals surface area contributed by atoms with E-state index in [0.717, 1.165) is 30.0 Å². The molecule has 1 saturated heterocycles. The lowest BCUT2D eigenvalue weighted by atomic mass is 10.2. The Kier molecular flexibility index (Phi) is 2.17. The van der Waals surface area contributed by atoms with Crippen LogP contribution in [0.2, 0.25) is 0 Å². The molecule has 3 heterocycles. The van der Waals surface area contributed by atoms with Crippen molar-refractivity contribution < 1.29 is 4.74 Å². The van der Waals surface area contributed by atoms with Gasteiger partial charge in [-0.15, -0.1) is 0 Å². The molecule has 0 unspecified atom stereocenters. The Bertz CT molecular complexity index is 514. The number of rotatable bonds is 3. The van der Waals surface area contributed by atoms with E-state index in [9.17, 15) is 0 Å². The van der Waals surface area contributed by atoms with E-state index in [1.54, 1.807) is 6.20 Å². The van der Waals surface area contributed by atoms with E-state index in [-0.39, 0.29) is 0 Å². The SMILES string of the molecule is CC(C)c1nc2ccncc2n1C[C@H]1CO1. The summed E-state index contributed by atoms with van der Waals surface area (Å²) in [5.74, 6) is 1.55. The highest BCUT2D eigenvalue weighted by molar-refractivity contribution is 5.74. The molecule has 4 heteroatoms. The fourth-order valence-corrected chi connectivity index (χ4v) is 2.00. The molecule has 1 fully saturated rings. The Morgan fingerprint density at radius 1 is 1.56 bits per heavy atom. The average molecular weight is 217 g/mol. The first-order chi connectivity index (χ1) is 7.75. The van der Waals surface area contributed by atoms with Gasteiger partial charge < -0.3 is 9.30 Å². The lowest BCUT2D eigenvalue weighted by Crippen LogP contribution is -2.09. The second-order valence-corrected chi connectivity index (χ2v) is 4.56. The van der Waals surface area contributed by atoms with Gasteiger partial charge in [-0.05, 0) is 6.07 Å². The van der Waals surface area contributed by atoms with Crippen LogP contribution in [0.4, 0.5) is 0 Å². The maximum absolute atomic E-state index is 5.30. The molecule has 3 rings (SSSR count). The number of ether oxygens (including phenoxy) is 1. The molecular weight excluding hydrogens is 202 g/mol. The average Bonchev–Trinajstić information content (AvgIpc) is 3.00. The van der Waals surface area contributed by atoms with Crippen molar-refractivity contribution in [2.75, 3.05) is 6.61 Å². The Hall–Kier alpha value is -1.42. The summed E-state index contributed by atoms with van der Waals surface area (Å²) in [6.07, 6.45) is 4.05. The van der Waals surface area contributed by atoms with Crippen molar-refractivity contribution in [1.29, 1.82) is 0 Å². The smallest absolute Gasteiger partial charge is 0.112 e. The highest BCUT2D eigenvalue weighted by Crippen LogP contribution is 2.23. The van der Waals surface area contributed by atoms with E-state index in [0.29, 0.717) is 12.0 Å². The largest absolute Gasteiger partial charge is 0.371 e. The molecular formula is C12H15N3O. The zero-order chi connectivity index (χ0) is 11.1. The van der Waals surface area contributed by atoms with Gasteiger partial charge in [-0.25, -0.2) is 4.98 Å². The minimum Gasteiger partial charge on any atom is -0.371 e. The number of pyridine rings is 1. The van der Waals surface area contributed by atoms with Crippen molar-refractivity contribution in [3.8, 4) is 0 Å². The lowest BCUT2D eigenvalue weighted by Gasteiger charge is -2.09. The van der Waals surface area contributed by atoms with Crippen LogP contribution in [0.3, 0.4) is 0 Å². The molecule has 0 spiro atoms. The van der Waals surface area contributed by atoms with Gasteiger partial charge in [0.05, 0.1) is 36.5 Å². The summed E-state index contributed by atoms with van der Waals surface area (Å²) in [7, 11) is 0. The van der Waals surface area contributed by atoms with Crippen LogP contribution in [-0.2, 0) is 11.3 Å². The van der Waals surface area contributed by atoms with Crippen molar-refractivity contribution in [3.05, 3.63) is 24.3 Å². The first-order valence-electron chi connectivity index (χ1n) is 5.67. The summed E-state index contributed by atoms with van der Waals surface area (Å²) in [5.41, 5.74) is 2.14. The number of nitrogens with zero attached hydrogens (tertiary/aromatic N) is 3. The molecule has 0 radical (unpaired) electrons. The van der Waals surface area contributed by atoms with E-state index in [4.69, 9.17) is 4.74 Å². The molecule has 0 bridgehead atoms. The third-order valence-electron chi connectivity index (χ3n) is 2.89. The monoisotopic (exact) mass is 217 g/mol. The van der Waals surface area contributed by atoms with Gasteiger partial charge in [-0.1, -0.05) is 13.8 Å². The summed E-state index contributed by atoms with van der Waals surface area (Å²) in [4.78, 5) is 8.83. The zero-order valence-corrected chi connectivity index (χ0v) is 9.55. The number of hydrogen-bond donors (Lipinski definition) is 0. The molecule has 84 valence electrons. The molecule has 0 aliphatic carbocycles. The molecule has 1 aliphatic rings. The Morgan fingerprint density at radius 3 is 3.06 bits per heavy atom. The third-order valence-corrected chi connectivity index (χ3v) is 2.89. The molecule has 16 heavy (non-hydrogen) atoms. The standard InChI is InChI=1S/C12H15N3O/c1-8(2)12-14-10-3-4-13-5-11(10)15(12)6-9-7-16-9/h3-5,8-9H,6-7H2,1-2H3/t9-/m0/s1. The summed E-state index contributed by atoms with van der Waals surface area (Å²) < 4.78 is 7.54. The summed E-state index contributed by atoms with van der Waals surface area (Å²) in [5, 5.41) is 0. The molecule has 0 saturated carbocycles. The van der Waals surface area contributed by atoms with Gasteiger partial charge in [0.2, 0.25) is 0 Å². The van der Waals surface area contributed by atoms with E-state index in [1.807, 2.05) is 12.3 Å². The predicted octanol–water partition coefficient (Wildman–Crippen LogP) is 1.95. The molecule has 1 atom stereocenters. The van der Waals surface area contributed by atoms with Crippen LogP contribution in [0.15, 0.2) is 18.5 Å². The number of fused-ring (bicyclic) bond motifs is 1. The molecule has 4 nitrogen and oxygen atoms in total. The van der Waals surface area contributed by atoms with E-state index < -0.39 is 0 Å². The summed E-state index contributed by atoms with van der Waals surface area (Å²) in [6, 6.07) is 1.96. The molecule has 2 aromatic heterocycles. The van der Waals surface area contributed by atoms with E-state index in [2.05, 4.69) is 28.4 Å². The van der Waals surface area contributed by atoms with Crippen LogP contribution in [0.25, 0.3) is 11.0 Å². The number of hydrogen-bond acceptors (Lipinski definition) is 3. The van der Waals surface area contributed by atoms with Gasteiger partial charge >= 0.3 is 0 Å². The quantitative estimate of drug-likeness (QED) is 0.738. The summed E-state index contributed by atoms with van der Waals surface area (Å²) >= 11 is 0. The van der Waals surface area contributed by atoms with Crippen LogP contribution < -0.4 is 0 Å². The third kappa shape index (κ3) is 1.59. The van der Waals surface area contributed by atoms with Crippen LogP contribution in [0.1, 0.15) is 25.6 Å². The molecule has 2 aromatic rings. The van der Waals surface area contributed by atoms with Crippen LogP contribution in [-0.4, -0.2) is 27.2 Å². The number of epoxide rings is 1. The summed E-state index contributed by atoms with van der Waals surface area (Å²) in [6.45, 7) is 6.10. The van der Waals surface area contributed by atoms with Crippen LogP contribution in [0.5, 0.6) is 0 Å². The highest BCUT2D eigenvalue weighted by Gasteiger charge is 2.25. The van der Waals surface area contributed by atoms with Gasteiger partial charge in [0, 0.05) is 12.1 Å². The molecule has 0 aromatic carbocycles. The van der Waals surface area contributed by atoms with Crippen molar-refractivity contribution in [1.82, 2.24) is 14.5 Å². The van der Waals surface area contributed by atoms with Crippen molar-refractivity contribution in [2.45, 2.75) is 32.4 Å². The fourth-order valence-electron chi connectivity index (χ4n) is 2.00. The lowest BCUT2D eigenvalue weighted by molar-refractivity contribution is 0.381. The Labute approximate surface area is 94.3 Å². The van der Waals surface area contributed by atoms with Crippen LogP contribution in [0, 0.1) is 0 Å². The van der Waals surface area contributed by atoms with Gasteiger partial charge in [0.1, 0.15) is 5.82 Å². The van der Waals surface area contributed by atoms with E-state index >= 15 is 0 Å². The predicted molar refractivity (Wildman–Crippen MR) is 61.4 cm³/mol. The minimum atomic E-state index is 0.370.